The quantitative estimate of drug-likeness (QED) is 0.921. The molecular weight excluding hydrogens is 317 g/mol. The van der Waals surface area contributed by atoms with Crippen molar-refractivity contribution in [1.82, 2.24) is 10.1 Å². The van der Waals surface area contributed by atoms with Gasteiger partial charge in [0.05, 0.1) is 5.56 Å². The molecule has 0 bridgehead atoms. The highest BCUT2D eigenvalue weighted by Gasteiger charge is 2.30. The molecule has 0 radical (unpaired) electrons. The molecule has 0 spiro atoms. The molecule has 18 heavy (non-hydrogen) atoms. The number of rotatable bonds is 2. The fourth-order valence-electron chi connectivity index (χ4n) is 1.29. The van der Waals surface area contributed by atoms with Crippen LogP contribution in [0.4, 0.5) is 13.2 Å². The largest absolute Gasteiger partial charge is 0.507 e. The van der Waals surface area contributed by atoms with Crippen LogP contribution in [0, 0.1) is 0 Å². The highest BCUT2D eigenvalue weighted by Crippen LogP contribution is 2.31. The summed E-state index contributed by atoms with van der Waals surface area (Å²) in [5.74, 6) is -0.787. The third-order valence-corrected chi connectivity index (χ3v) is 2.51. The van der Waals surface area contributed by atoms with Gasteiger partial charge in [-0.2, -0.15) is 18.2 Å². The van der Waals surface area contributed by atoms with E-state index in [9.17, 15) is 18.3 Å². The van der Waals surface area contributed by atoms with Crippen LogP contribution in [0.2, 0.25) is 0 Å². The molecule has 1 heterocycles. The summed E-state index contributed by atoms with van der Waals surface area (Å²) >= 11 is 3.17. The second-order valence-corrected chi connectivity index (χ2v) is 4.38. The summed E-state index contributed by atoms with van der Waals surface area (Å²) in [6, 6.07) is 4.42. The van der Waals surface area contributed by atoms with Crippen LogP contribution < -0.4 is 0 Å². The monoisotopic (exact) mass is 322 g/mol. The van der Waals surface area contributed by atoms with E-state index in [2.05, 4.69) is 26.1 Å². The number of phenolic OH excluding ortho intramolecular Hbond substituents is 1. The van der Waals surface area contributed by atoms with Crippen LogP contribution in [-0.2, 0) is 6.42 Å². The molecule has 2 aromatic rings. The van der Waals surface area contributed by atoms with Gasteiger partial charge in [0, 0.05) is 4.47 Å². The zero-order valence-corrected chi connectivity index (χ0v) is 10.3. The molecule has 8 heteroatoms. The van der Waals surface area contributed by atoms with E-state index in [0.717, 1.165) is 0 Å². The standard InChI is InChI=1S/C10H6BrF3N2O2/c11-5-1-2-7(17)6(3-5)9-15-8(16-18-9)4-10(12,13)14/h1-3,17H,4H2. The lowest BCUT2D eigenvalue weighted by Gasteiger charge is -2.00. The molecule has 1 aromatic heterocycles. The van der Waals surface area contributed by atoms with Crippen LogP contribution in [0.5, 0.6) is 5.75 Å². The van der Waals surface area contributed by atoms with E-state index in [0.29, 0.717) is 4.47 Å². The minimum absolute atomic E-state index is 0.152. The summed E-state index contributed by atoms with van der Waals surface area (Å²) in [5.41, 5.74) is 0.172. The summed E-state index contributed by atoms with van der Waals surface area (Å²) in [5, 5.41) is 12.8. The predicted molar refractivity (Wildman–Crippen MR) is 58.9 cm³/mol. The van der Waals surface area contributed by atoms with E-state index < -0.39 is 18.4 Å². The van der Waals surface area contributed by atoms with Gasteiger partial charge in [-0.1, -0.05) is 21.1 Å². The van der Waals surface area contributed by atoms with Crippen molar-refractivity contribution in [3.05, 3.63) is 28.5 Å². The Morgan fingerprint density at radius 2 is 2.06 bits per heavy atom. The predicted octanol–water partition coefficient (Wildman–Crippen LogP) is 3.31. The first-order chi connectivity index (χ1) is 8.35. The fraction of sp³-hybridized carbons (Fsp3) is 0.200. The van der Waals surface area contributed by atoms with Gasteiger partial charge in [-0.15, -0.1) is 0 Å². The van der Waals surface area contributed by atoms with Gasteiger partial charge in [0.2, 0.25) is 0 Å². The maximum Gasteiger partial charge on any atom is 0.396 e. The molecule has 0 saturated carbocycles. The maximum absolute atomic E-state index is 12.1. The van der Waals surface area contributed by atoms with Gasteiger partial charge < -0.3 is 9.63 Å². The first kappa shape index (κ1) is 12.9. The van der Waals surface area contributed by atoms with Crippen molar-refractivity contribution >= 4 is 15.9 Å². The first-order valence-corrected chi connectivity index (χ1v) is 5.53. The number of phenols is 1. The molecule has 0 saturated heterocycles. The SMILES string of the molecule is Oc1ccc(Br)cc1-c1nc(CC(F)(F)F)no1. The average Bonchev–Trinajstić information content (AvgIpc) is 2.67. The molecule has 0 unspecified atom stereocenters. The van der Waals surface area contributed by atoms with Crippen LogP contribution in [0.25, 0.3) is 11.5 Å². The highest BCUT2D eigenvalue weighted by molar-refractivity contribution is 9.10. The van der Waals surface area contributed by atoms with Crippen molar-refractivity contribution in [2.45, 2.75) is 12.6 Å². The summed E-state index contributed by atoms with van der Waals surface area (Å²) in [6.45, 7) is 0. The van der Waals surface area contributed by atoms with E-state index >= 15 is 0 Å². The second kappa shape index (κ2) is 4.60. The number of halogens is 4. The average molecular weight is 323 g/mol. The Bertz CT molecular complexity index is 568. The molecule has 1 N–H and O–H groups in total. The van der Waals surface area contributed by atoms with Crippen molar-refractivity contribution in [3.8, 4) is 17.2 Å². The van der Waals surface area contributed by atoms with Crippen molar-refractivity contribution in [2.24, 2.45) is 0 Å². The Labute approximate surface area is 108 Å². The second-order valence-electron chi connectivity index (χ2n) is 3.47. The van der Waals surface area contributed by atoms with Gasteiger partial charge in [-0.3, -0.25) is 0 Å². The van der Waals surface area contributed by atoms with E-state index in [1.165, 1.54) is 12.1 Å². The third-order valence-electron chi connectivity index (χ3n) is 2.02. The molecule has 2 rings (SSSR count). The van der Waals surface area contributed by atoms with Gasteiger partial charge in [-0.05, 0) is 18.2 Å². The number of benzene rings is 1. The summed E-state index contributed by atoms with van der Waals surface area (Å²) in [7, 11) is 0. The number of alkyl halides is 3. The fourth-order valence-corrected chi connectivity index (χ4v) is 1.66. The van der Waals surface area contributed by atoms with Crippen molar-refractivity contribution in [2.75, 3.05) is 0 Å². The molecular formula is C10H6BrF3N2O2. The molecule has 0 atom stereocenters. The molecule has 0 fully saturated rings. The van der Waals surface area contributed by atoms with E-state index in [1.54, 1.807) is 6.07 Å². The number of aromatic nitrogens is 2. The number of nitrogens with zero attached hydrogens (tertiary/aromatic N) is 2. The molecule has 4 nitrogen and oxygen atoms in total. The minimum Gasteiger partial charge on any atom is -0.507 e. The Hall–Kier alpha value is -1.57. The topological polar surface area (TPSA) is 59.2 Å². The van der Waals surface area contributed by atoms with E-state index in [1.807, 2.05) is 0 Å². The van der Waals surface area contributed by atoms with Crippen molar-refractivity contribution in [3.63, 3.8) is 0 Å². The maximum atomic E-state index is 12.1. The molecule has 0 aliphatic heterocycles. The summed E-state index contributed by atoms with van der Waals surface area (Å²) < 4.78 is 41.7. The number of aromatic hydroxyl groups is 1. The Morgan fingerprint density at radius 3 is 2.72 bits per heavy atom. The Kier molecular flexibility index (Phi) is 3.29. The van der Waals surface area contributed by atoms with Crippen molar-refractivity contribution < 1.29 is 22.8 Å². The third kappa shape index (κ3) is 3.00. The summed E-state index contributed by atoms with van der Waals surface area (Å²) in [6.07, 6.45) is -5.67. The highest BCUT2D eigenvalue weighted by atomic mass is 79.9. The Morgan fingerprint density at radius 1 is 1.33 bits per heavy atom. The molecule has 0 aliphatic carbocycles. The van der Waals surface area contributed by atoms with Gasteiger partial charge in [-0.25, -0.2) is 0 Å². The van der Waals surface area contributed by atoms with Gasteiger partial charge in [0.25, 0.3) is 5.89 Å². The lowest BCUT2D eigenvalue weighted by Crippen LogP contribution is -2.12. The van der Waals surface area contributed by atoms with Crippen molar-refractivity contribution in [1.29, 1.82) is 0 Å². The summed E-state index contributed by atoms with van der Waals surface area (Å²) in [4.78, 5) is 3.59. The Balaban J connectivity index is 2.32. The molecule has 96 valence electrons. The lowest BCUT2D eigenvalue weighted by atomic mass is 10.2. The zero-order chi connectivity index (χ0) is 13.3. The molecule has 1 aromatic carbocycles. The zero-order valence-electron chi connectivity index (χ0n) is 8.70. The van der Waals surface area contributed by atoms with Gasteiger partial charge >= 0.3 is 6.18 Å². The number of hydrogen-bond donors (Lipinski definition) is 1. The van der Waals surface area contributed by atoms with Crippen LogP contribution in [0.3, 0.4) is 0 Å². The van der Waals surface area contributed by atoms with Gasteiger partial charge in [0.15, 0.2) is 5.82 Å². The molecule has 0 amide bonds. The van der Waals surface area contributed by atoms with E-state index in [4.69, 9.17) is 4.52 Å². The van der Waals surface area contributed by atoms with Crippen LogP contribution in [0.15, 0.2) is 27.2 Å². The van der Waals surface area contributed by atoms with Gasteiger partial charge in [0.1, 0.15) is 12.2 Å². The smallest absolute Gasteiger partial charge is 0.396 e. The first-order valence-electron chi connectivity index (χ1n) is 4.73. The van der Waals surface area contributed by atoms with Crippen LogP contribution in [-0.4, -0.2) is 21.4 Å². The van der Waals surface area contributed by atoms with Crippen LogP contribution >= 0.6 is 15.9 Å². The normalized spacial score (nSPS) is 11.8. The van der Waals surface area contributed by atoms with Crippen LogP contribution in [0.1, 0.15) is 5.82 Å². The van der Waals surface area contributed by atoms with E-state index in [-0.39, 0.29) is 17.2 Å². The molecule has 0 aliphatic rings. The minimum atomic E-state index is -4.40. The number of hydrogen-bond acceptors (Lipinski definition) is 4. The lowest BCUT2D eigenvalue weighted by molar-refractivity contribution is -0.128.